The molecule has 0 saturated heterocycles. The van der Waals surface area contributed by atoms with Crippen molar-refractivity contribution in [2.45, 2.75) is 13.0 Å². The van der Waals surface area contributed by atoms with Gasteiger partial charge in [-0.15, -0.1) is 0 Å². The third kappa shape index (κ3) is 2.59. The maximum absolute atomic E-state index is 12.7. The number of hydrogen-bond acceptors (Lipinski definition) is 4. The van der Waals surface area contributed by atoms with Crippen molar-refractivity contribution in [1.82, 2.24) is 0 Å². The average molecular weight is 308 g/mol. The molecule has 0 N–H and O–H groups in total. The molecule has 1 aliphatic heterocycles. The summed E-state index contributed by atoms with van der Waals surface area (Å²) >= 11 is 0. The van der Waals surface area contributed by atoms with Crippen molar-refractivity contribution in [2.75, 3.05) is 19.1 Å². The molecule has 23 heavy (non-hydrogen) atoms. The Hall–Kier alpha value is -3.00. The van der Waals surface area contributed by atoms with Crippen LogP contribution in [-0.2, 0) is 13.0 Å². The van der Waals surface area contributed by atoms with Gasteiger partial charge in [0.05, 0.1) is 33.3 Å². The first-order valence-electron chi connectivity index (χ1n) is 7.20. The smallest absolute Gasteiger partial charge is 0.258 e. The Labute approximate surface area is 134 Å². The molecule has 0 unspecified atom stereocenters. The number of anilines is 1. The van der Waals surface area contributed by atoms with Crippen molar-refractivity contribution in [3.63, 3.8) is 0 Å². The fourth-order valence-electron chi connectivity index (χ4n) is 2.75. The molecule has 0 bridgehead atoms. The van der Waals surface area contributed by atoms with E-state index in [2.05, 4.69) is 6.07 Å². The molecular weight excluding hydrogens is 292 g/mol. The van der Waals surface area contributed by atoms with Crippen LogP contribution in [0.3, 0.4) is 0 Å². The average Bonchev–Trinajstić information content (AvgIpc) is 2.91. The fourth-order valence-corrected chi connectivity index (χ4v) is 2.75. The topological polar surface area (TPSA) is 62.6 Å². The molecule has 0 saturated carbocycles. The molecule has 0 spiro atoms. The van der Waals surface area contributed by atoms with Gasteiger partial charge >= 0.3 is 0 Å². The molecule has 5 nitrogen and oxygen atoms in total. The standard InChI is InChI=1S/C18H16N2O3/c1-22-16-6-5-14(10-17(16)23-2)20-11-13-4-3-12(7-8-19)9-15(13)18(20)21/h3-6,9-10H,7,11H2,1-2H3. The minimum atomic E-state index is -0.0630. The molecule has 1 aliphatic rings. The van der Waals surface area contributed by atoms with Gasteiger partial charge in [-0.3, -0.25) is 4.79 Å². The number of methoxy groups -OCH3 is 2. The molecule has 1 amide bonds. The van der Waals surface area contributed by atoms with Crippen LogP contribution in [0.4, 0.5) is 5.69 Å². The number of amides is 1. The summed E-state index contributed by atoms with van der Waals surface area (Å²) in [4.78, 5) is 14.4. The predicted octanol–water partition coefficient (Wildman–Crippen LogP) is 2.93. The van der Waals surface area contributed by atoms with Gasteiger partial charge in [0, 0.05) is 17.3 Å². The number of carbonyl (C=O) groups is 1. The maximum atomic E-state index is 12.7. The fraction of sp³-hybridized carbons (Fsp3) is 0.222. The predicted molar refractivity (Wildman–Crippen MR) is 85.8 cm³/mol. The summed E-state index contributed by atoms with van der Waals surface area (Å²) in [6.45, 7) is 0.510. The SMILES string of the molecule is COc1ccc(N2Cc3ccc(CC#N)cc3C2=O)cc1OC. The largest absolute Gasteiger partial charge is 0.493 e. The molecule has 2 aromatic carbocycles. The molecule has 116 valence electrons. The Bertz CT molecular complexity index is 808. The van der Waals surface area contributed by atoms with Gasteiger partial charge in [0.15, 0.2) is 11.5 Å². The van der Waals surface area contributed by atoms with Gasteiger partial charge < -0.3 is 14.4 Å². The summed E-state index contributed by atoms with van der Waals surface area (Å²) in [5.41, 5.74) is 3.23. The van der Waals surface area contributed by atoms with E-state index in [9.17, 15) is 4.79 Å². The Kier molecular flexibility index (Phi) is 3.90. The molecule has 0 atom stereocenters. The molecule has 0 radical (unpaired) electrons. The minimum absolute atomic E-state index is 0.0630. The highest BCUT2D eigenvalue weighted by Crippen LogP contribution is 2.35. The second-order valence-electron chi connectivity index (χ2n) is 5.26. The van der Waals surface area contributed by atoms with Crippen molar-refractivity contribution in [3.05, 3.63) is 53.1 Å². The third-order valence-corrected chi connectivity index (χ3v) is 3.94. The maximum Gasteiger partial charge on any atom is 0.258 e. The molecule has 0 aromatic heterocycles. The number of rotatable bonds is 4. The number of ether oxygens (including phenoxy) is 2. The zero-order valence-electron chi connectivity index (χ0n) is 13.0. The first kappa shape index (κ1) is 14.9. The monoisotopic (exact) mass is 308 g/mol. The Morgan fingerprint density at radius 2 is 1.91 bits per heavy atom. The molecule has 0 fully saturated rings. The number of hydrogen-bond donors (Lipinski definition) is 0. The number of fused-ring (bicyclic) bond motifs is 1. The number of benzene rings is 2. The van der Waals surface area contributed by atoms with E-state index in [1.165, 1.54) is 0 Å². The van der Waals surface area contributed by atoms with Gasteiger partial charge in [-0.05, 0) is 29.3 Å². The van der Waals surface area contributed by atoms with Crippen LogP contribution < -0.4 is 14.4 Å². The van der Waals surface area contributed by atoms with Crippen molar-refractivity contribution in [1.29, 1.82) is 5.26 Å². The number of nitriles is 1. The van der Waals surface area contributed by atoms with Crippen molar-refractivity contribution >= 4 is 11.6 Å². The van der Waals surface area contributed by atoms with Gasteiger partial charge in [0.25, 0.3) is 5.91 Å². The Morgan fingerprint density at radius 1 is 1.13 bits per heavy atom. The van der Waals surface area contributed by atoms with E-state index in [1.807, 2.05) is 24.3 Å². The lowest BCUT2D eigenvalue weighted by atomic mass is 10.0. The van der Waals surface area contributed by atoms with E-state index in [0.29, 0.717) is 30.0 Å². The molecule has 5 heteroatoms. The van der Waals surface area contributed by atoms with Gasteiger partial charge in [0.2, 0.25) is 0 Å². The number of nitrogens with zero attached hydrogens (tertiary/aromatic N) is 2. The highest BCUT2D eigenvalue weighted by molar-refractivity contribution is 6.10. The number of carbonyl (C=O) groups excluding carboxylic acids is 1. The van der Waals surface area contributed by atoms with Gasteiger partial charge in [0.1, 0.15) is 0 Å². The van der Waals surface area contributed by atoms with E-state index < -0.39 is 0 Å². The zero-order valence-corrected chi connectivity index (χ0v) is 13.0. The normalized spacial score (nSPS) is 12.7. The first-order chi connectivity index (χ1) is 11.2. The van der Waals surface area contributed by atoms with E-state index in [1.54, 1.807) is 31.3 Å². The highest BCUT2D eigenvalue weighted by Gasteiger charge is 2.29. The van der Waals surface area contributed by atoms with Crippen LogP contribution in [0.1, 0.15) is 21.5 Å². The van der Waals surface area contributed by atoms with Crippen LogP contribution in [0.25, 0.3) is 0 Å². The molecule has 3 rings (SSSR count). The van der Waals surface area contributed by atoms with Crippen molar-refractivity contribution in [3.8, 4) is 17.6 Å². The van der Waals surface area contributed by atoms with E-state index in [0.717, 1.165) is 16.8 Å². The molecule has 2 aromatic rings. The van der Waals surface area contributed by atoms with E-state index in [4.69, 9.17) is 14.7 Å². The summed E-state index contributed by atoms with van der Waals surface area (Å²) in [5, 5.41) is 8.80. The van der Waals surface area contributed by atoms with Crippen molar-refractivity contribution < 1.29 is 14.3 Å². The lowest BCUT2D eigenvalue weighted by Crippen LogP contribution is -2.23. The molecule has 1 heterocycles. The van der Waals surface area contributed by atoms with Gasteiger partial charge in [-0.2, -0.15) is 5.26 Å². The Balaban J connectivity index is 1.94. The quantitative estimate of drug-likeness (QED) is 0.871. The van der Waals surface area contributed by atoms with Crippen molar-refractivity contribution in [2.24, 2.45) is 0 Å². The summed E-state index contributed by atoms with van der Waals surface area (Å²) in [6.07, 6.45) is 0.302. The lowest BCUT2D eigenvalue weighted by Gasteiger charge is -2.17. The lowest BCUT2D eigenvalue weighted by molar-refractivity contribution is 0.0996. The molecule has 0 aliphatic carbocycles. The second kappa shape index (κ2) is 6.01. The first-order valence-corrected chi connectivity index (χ1v) is 7.20. The molecular formula is C18H16N2O3. The van der Waals surface area contributed by atoms with Gasteiger partial charge in [-0.1, -0.05) is 12.1 Å². The van der Waals surface area contributed by atoms with Crippen LogP contribution in [0.5, 0.6) is 11.5 Å². The third-order valence-electron chi connectivity index (χ3n) is 3.94. The second-order valence-corrected chi connectivity index (χ2v) is 5.26. The Morgan fingerprint density at radius 3 is 2.61 bits per heavy atom. The minimum Gasteiger partial charge on any atom is -0.493 e. The van der Waals surface area contributed by atoms with Crippen LogP contribution >= 0.6 is 0 Å². The van der Waals surface area contributed by atoms with Crippen LogP contribution in [0.2, 0.25) is 0 Å². The van der Waals surface area contributed by atoms with Crippen LogP contribution in [0.15, 0.2) is 36.4 Å². The zero-order chi connectivity index (χ0) is 16.4. The van der Waals surface area contributed by atoms with E-state index >= 15 is 0 Å². The van der Waals surface area contributed by atoms with Gasteiger partial charge in [-0.25, -0.2) is 0 Å². The summed E-state index contributed by atoms with van der Waals surface area (Å²) in [6, 6.07) is 13.1. The summed E-state index contributed by atoms with van der Waals surface area (Å²) < 4.78 is 10.5. The summed E-state index contributed by atoms with van der Waals surface area (Å²) in [5.74, 6) is 1.14. The highest BCUT2D eigenvalue weighted by atomic mass is 16.5. The summed E-state index contributed by atoms with van der Waals surface area (Å²) in [7, 11) is 3.14. The van der Waals surface area contributed by atoms with E-state index in [-0.39, 0.29) is 5.91 Å². The van der Waals surface area contributed by atoms with Crippen LogP contribution in [0, 0.1) is 11.3 Å². The van der Waals surface area contributed by atoms with Crippen LogP contribution in [-0.4, -0.2) is 20.1 Å².